The Labute approximate surface area is 168 Å². The highest BCUT2D eigenvalue weighted by Gasteiger charge is 2.41. The molecule has 6 heteroatoms. The minimum Gasteiger partial charge on any atom is -0.497 e. The quantitative estimate of drug-likeness (QED) is 0.631. The van der Waals surface area contributed by atoms with Gasteiger partial charge in [-0.25, -0.2) is 5.01 Å². The zero-order valence-corrected chi connectivity index (χ0v) is 16.0. The van der Waals surface area contributed by atoms with Crippen LogP contribution in [0.25, 0.3) is 0 Å². The maximum Gasteiger partial charge on any atom is 0.213 e. The molecule has 5 nitrogen and oxygen atoms in total. The van der Waals surface area contributed by atoms with Crippen LogP contribution < -0.4 is 9.47 Å². The lowest BCUT2D eigenvalue weighted by Crippen LogP contribution is -2.33. The van der Waals surface area contributed by atoms with Crippen molar-refractivity contribution in [1.82, 2.24) is 9.99 Å². The highest BCUT2D eigenvalue weighted by molar-refractivity contribution is 6.30. The number of hydrogen-bond donors (Lipinski definition) is 0. The molecule has 0 amide bonds. The lowest BCUT2D eigenvalue weighted by atomic mass is 9.96. The van der Waals surface area contributed by atoms with Crippen molar-refractivity contribution in [2.75, 3.05) is 7.11 Å². The van der Waals surface area contributed by atoms with E-state index in [4.69, 9.17) is 26.2 Å². The van der Waals surface area contributed by atoms with Gasteiger partial charge in [-0.1, -0.05) is 11.6 Å². The van der Waals surface area contributed by atoms with Gasteiger partial charge in [-0.3, -0.25) is 4.98 Å². The fourth-order valence-electron chi connectivity index (χ4n) is 3.76. The van der Waals surface area contributed by atoms with Crippen LogP contribution in [-0.2, 0) is 0 Å². The molecule has 140 valence electrons. The van der Waals surface area contributed by atoms with Gasteiger partial charge in [0.15, 0.2) is 0 Å². The summed E-state index contributed by atoms with van der Waals surface area (Å²) in [6.07, 6.45) is 4.02. The third kappa shape index (κ3) is 2.88. The second kappa shape index (κ2) is 6.84. The fourth-order valence-corrected chi connectivity index (χ4v) is 3.94. The summed E-state index contributed by atoms with van der Waals surface area (Å²) in [5, 5.41) is 7.67. The van der Waals surface area contributed by atoms with E-state index in [9.17, 15) is 0 Å². The van der Waals surface area contributed by atoms with Crippen LogP contribution in [0.15, 0.2) is 72.1 Å². The standard InChI is InChI=1S/C22H18ClN3O2/c1-27-17-5-2-14(3-6-17)19-13-20-18-12-16(23)4-7-21(18)28-22(26(20)25-19)15-8-10-24-11-9-15/h2-12,20,22H,13H2,1H3/t20-,22+/m1/s1. The number of rotatable bonds is 3. The first-order valence-electron chi connectivity index (χ1n) is 9.09. The summed E-state index contributed by atoms with van der Waals surface area (Å²) in [7, 11) is 1.67. The molecule has 2 aliphatic heterocycles. The molecule has 0 radical (unpaired) electrons. The highest BCUT2D eigenvalue weighted by atomic mass is 35.5. The Bertz CT molecular complexity index is 1040. The number of ether oxygens (including phenoxy) is 2. The van der Waals surface area contributed by atoms with E-state index in [-0.39, 0.29) is 12.3 Å². The Balaban J connectivity index is 1.57. The molecule has 0 saturated carbocycles. The summed E-state index contributed by atoms with van der Waals surface area (Å²) in [5.41, 5.74) is 4.17. The zero-order valence-electron chi connectivity index (χ0n) is 15.2. The average Bonchev–Trinajstić information content (AvgIpc) is 3.20. The van der Waals surface area contributed by atoms with E-state index in [0.29, 0.717) is 5.02 Å². The van der Waals surface area contributed by atoms with Gasteiger partial charge in [0.2, 0.25) is 6.23 Å². The molecule has 1 aromatic heterocycles. The van der Waals surface area contributed by atoms with Gasteiger partial charge < -0.3 is 9.47 Å². The van der Waals surface area contributed by atoms with Crippen LogP contribution in [0.4, 0.5) is 0 Å². The van der Waals surface area contributed by atoms with Crippen molar-refractivity contribution in [1.29, 1.82) is 0 Å². The summed E-state index contributed by atoms with van der Waals surface area (Å²) in [5.74, 6) is 1.67. The minimum absolute atomic E-state index is 0.0673. The molecule has 5 rings (SSSR count). The number of nitrogens with zero attached hydrogens (tertiary/aromatic N) is 3. The predicted molar refractivity (Wildman–Crippen MR) is 108 cm³/mol. The van der Waals surface area contributed by atoms with Crippen molar-refractivity contribution in [3.63, 3.8) is 0 Å². The van der Waals surface area contributed by atoms with E-state index in [1.807, 2.05) is 59.6 Å². The van der Waals surface area contributed by atoms with Gasteiger partial charge in [-0.2, -0.15) is 5.10 Å². The maximum atomic E-state index is 6.32. The molecule has 0 aliphatic carbocycles. The molecule has 0 spiro atoms. The van der Waals surface area contributed by atoms with Crippen molar-refractivity contribution >= 4 is 17.3 Å². The van der Waals surface area contributed by atoms with Crippen molar-refractivity contribution in [2.24, 2.45) is 5.10 Å². The lowest BCUT2D eigenvalue weighted by molar-refractivity contribution is -0.0190. The van der Waals surface area contributed by atoms with Crippen molar-refractivity contribution in [2.45, 2.75) is 18.7 Å². The first kappa shape index (κ1) is 17.1. The topological polar surface area (TPSA) is 47.0 Å². The molecular weight excluding hydrogens is 374 g/mol. The Morgan fingerprint density at radius 2 is 1.86 bits per heavy atom. The van der Waals surface area contributed by atoms with Crippen LogP contribution in [0.3, 0.4) is 0 Å². The Morgan fingerprint density at radius 1 is 1.07 bits per heavy atom. The van der Waals surface area contributed by atoms with Crippen molar-refractivity contribution in [3.8, 4) is 11.5 Å². The van der Waals surface area contributed by atoms with Gasteiger partial charge in [0.05, 0.1) is 18.9 Å². The molecule has 28 heavy (non-hydrogen) atoms. The maximum absolute atomic E-state index is 6.32. The Kier molecular flexibility index (Phi) is 4.17. The van der Waals surface area contributed by atoms with Crippen molar-refractivity contribution in [3.05, 3.63) is 88.7 Å². The first-order valence-corrected chi connectivity index (χ1v) is 9.47. The van der Waals surface area contributed by atoms with Gasteiger partial charge >= 0.3 is 0 Å². The summed E-state index contributed by atoms with van der Waals surface area (Å²) in [4.78, 5) is 4.12. The molecule has 2 aromatic carbocycles. The van der Waals surface area contributed by atoms with Crippen LogP contribution in [0.2, 0.25) is 5.02 Å². The Morgan fingerprint density at radius 3 is 2.61 bits per heavy atom. The van der Waals surface area contributed by atoms with E-state index in [2.05, 4.69) is 4.98 Å². The molecule has 0 unspecified atom stereocenters. The number of pyridine rings is 1. The lowest BCUT2D eigenvalue weighted by Gasteiger charge is -2.38. The largest absolute Gasteiger partial charge is 0.497 e. The van der Waals surface area contributed by atoms with Crippen molar-refractivity contribution < 1.29 is 9.47 Å². The van der Waals surface area contributed by atoms with E-state index in [1.54, 1.807) is 19.5 Å². The van der Waals surface area contributed by atoms with Gasteiger partial charge in [-0.05, 0) is 60.2 Å². The molecule has 3 heterocycles. The molecule has 0 saturated heterocycles. The SMILES string of the molecule is COc1ccc(C2=NN3[C@H](C2)c2cc(Cl)ccc2O[C@H]3c2ccncc2)cc1. The van der Waals surface area contributed by atoms with Gasteiger partial charge in [0.25, 0.3) is 0 Å². The second-order valence-electron chi connectivity index (χ2n) is 6.81. The van der Waals surface area contributed by atoms with Crippen LogP contribution in [0.5, 0.6) is 11.5 Å². The number of halogens is 1. The van der Waals surface area contributed by atoms with E-state index in [0.717, 1.165) is 40.3 Å². The molecule has 2 aliphatic rings. The van der Waals surface area contributed by atoms with E-state index in [1.165, 1.54) is 0 Å². The van der Waals surface area contributed by atoms with Crippen LogP contribution in [-0.4, -0.2) is 22.8 Å². The van der Waals surface area contributed by atoms with E-state index >= 15 is 0 Å². The number of methoxy groups -OCH3 is 1. The predicted octanol–water partition coefficient (Wildman–Crippen LogP) is 4.99. The third-order valence-corrected chi connectivity index (χ3v) is 5.40. The van der Waals surface area contributed by atoms with Crippen LogP contribution in [0, 0.1) is 0 Å². The fraction of sp³-hybridized carbons (Fsp3) is 0.182. The minimum atomic E-state index is -0.308. The summed E-state index contributed by atoms with van der Waals surface area (Å²) < 4.78 is 11.6. The Hall–Kier alpha value is -3.05. The van der Waals surface area contributed by atoms with Crippen LogP contribution >= 0.6 is 11.6 Å². The molecule has 0 bridgehead atoms. The number of aromatic nitrogens is 1. The molecule has 0 N–H and O–H groups in total. The number of fused-ring (bicyclic) bond motifs is 3. The smallest absolute Gasteiger partial charge is 0.213 e. The average molecular weight is 392 g/mol. The summed E-state index contributed by atoms with van der Waals surface area (Å²) in [6, 6.07) is 17.8. The van der Waals surface area contributed by atoms with Gasteiger partial charge in [0.1, 0.15) is 11.5 Å². The monoisotopic (exact) mass is 391 g/mol. The molecule has 3 aromatic rings. The van der Waals surface area contributed by atoms with Crippen LogP contribution in [0.1, 0.15) is 35.4 Å². The molecular formula is C22H18ClN3O2. The summed E-state index contributed by atoms with van der Waals surface area (Å²) >= 11 is 6.27. The first-order chi connectivity index (χ1) is 13.7. The number of hydrogen-bond acceptors (Lipinski definition) is 5. The highest BCUT2D eigenvalue weighted by Crippen LogP contribution is 2.48. The summed E-state index contributed by atoms with van der Waals surface area (Å²) in [6.45, 7) is 0. The van der Waals surface area contributed by atoms with E-state index < -0.39 is 0 Å². The van der Waals surface area contributed by atoms with Gasteiger partial charge in [-0.15, -0.1) is 0 Å². The zero-order chi connectivity index (χ0) is 19.1. The number of hydrazone groups is 1. The van der Waals surface area contributed by atoms with Gasteiger partial charge in [0, 0.05) is 35.0 Å². The third-order valence-electron chi connectivity index (χ3n) is 5.17. The normalized spacial score (nSPS) is 20.1. The second-order valence-corrected chi connectivity index (χ2v) is 7.24. The molecule has 0 fully saturated rings. The number of benzene rings is 2. The molecule has 2 atom stereocenters.